The highest BCUT2D eigenvalue weighted by molar-refractivity contribution is 6.31. The third-order valence-electron chi connectivity index (χ3n) is 4.60. The van der Waals surface area contributed by atoms with E-state index < -0.39 is 0 Å². The molecule has 0 radical (unpaired) electrons. The van der Waals surface area contributed by atoms with Crippen LogP contribution in [0.4, 0.5) is 4.39 Å². The molecule has 2 fully saturated rings. The van der Waals surface area contributed by atoms with Gasteiger partial charge in [0.1, 0.15) is 5.82 Å². The van der Waals surface area contributed by atoms with Crippen LogP contribution in [0.3, 0.4) is 0 Å². The lowest BCUT2D eigenvalue weighted by atomic mass is 9.96. The van der Waals surface area contributed by atoms with Gasteiger partial charge < -0.3 is 10.1 Å². The second-order valence-electron chi connectivity index (χ2n) is 6.50. The number of hydrogen-bond acceptors (Lipinski definition) is 3. The Labute approximate surface area is 140 Å². The zero-order valence-electron chi connectivity index (χ0n) is 13.2. The minimum atomic E-state index is -0.299. The predicted molar refractivity (Wildman–Crippen MR) is 86.7 cm³/mol. The molecule has 4 nitrogen and oxygen atoms in total. The van der Waals surface area contributed by atoms with Crippen LogP contribution >= 0.6 is 11.6 Å². The van der Waals surface area contributed by atoms with E-state index in [2.05, 4.69) is 10.2 Å². The number of nitrogens with zero attached hydrogens (tertiary/aromatic N) is 1. The van der Waals surface area contributed by atoms with Crippen LogP contribution in [0.5, 0.6) is 0 Å². The smallest absolute Gasteiger partial charge is 0.225 e. The van der Waals surface area contributed by atoms with Crippen molar-refractivity contribution in [2.75, 3.05) is 26.8 Å². The second kappa shape index (κ2) is 7.16. The van der Waals surface area contributed by atoms with Crippen molar-refractivity contribution in [2.24, 2.45) is 11.8 Å². The summed E-state index contributed by atoms with van der Waals surface area (Å²) in [5.41, 5.74) is 0.494. The van der Waals surface area contributed by atoms with Crippen molar-refractivity contribution in [3.05, 3.63) is 34.6 Å². The van der Waals surface area contributed by atoms with Crippen molar-refractivity contribution < 1.29 is 13.9 Å². The molecule has 1 aromatic carbocycles. The minimum absolute atomic E-state index is 0.0941. The number of methoxy groups -OCH3 is 1. The lowest BCUT2D eigenvalue weighted by Gasteiger charge is -2.17. The first kappa shape index (κ1) is 16.7. The van der Waals surface area contributed by atoms with Crippen LogP contribution in [0.2, 0.25) is 5.02 Å². The fourth-order valence-corrected chi connectivity index (χ4v) is 3.44. The highest BCUT2D eigenvalue weighted by Crippen LogP contribution is 2.29. The van der Waals surface area contributed by atoms with Crippen LogP contribution in [0.25, 0.3) is 0 Å². The molecule has 23 heavy (non-hydrogen) atoms. The third kappa shape index (κ3) is 4.03. The van der Waals surface area contributed by atoms with Gasteiger partial charge in [0.25, 0.3) is 0 Å². The number of hydrogen-bond donors (Lipinski definition) is 1. The number of amides is 1. The maximum Gasteiger partial charge on any atom is 0.225 e. The van der Waals surface area contributed by atoms with Crippen molar-refractivity contribution >= 4 is 17.5 Å². The summed E-state index contributed by atoms with van der Waals surface area (Å²) in [5.74, 6) is -0.186. The first-order valence-corrected chi connectivity index (χ1v) is 8.41. The highest BCUT2D eigenvalue weighted by atomic mass is 35.5. The summed E-state index contributed by atoms with van der Waals surface area (Å²) in [6, 6.07) is 5.06. The summed E-state index contributed by atoms with van der Waals surface area (Å²) in [6.07, 6.45) is 2.14. The van der Waals surface area contributed by atoms with E-state index in [4.69, 9.17) is 16.3 Å². The molecule has 1 aliphatic heterocycles. The molecule has 6 heteroatoms. The number of carbonyl (C=O) groups excluding carboxylic acids is 1. The largest absolute Gasteiger partial charge is 0.384 e. The van der Waals surface area contributed by atoms with Gasteiger partial charge in [0.2, 0.25) is 5.91 Å². The minimum Gasteiger partial charge on any atom is -0.384 e. The van der Waals surface area contributed by atoms with E-state index in [1.54, 1.807) is 19.2 Å². The van der Waals surface area contributed by atoms with Gasteiger partial charge >= 0.3 is 0 Å². The van der Waals surface area contributed by atoms with Crippen molar-refractivity contribution in [1.82, 2.24) is 10.2 Å². The maximum absolute atomic E-state index is 14.0. The van der Waals surface area contributed by atoms with Gasteiger partial charge in [-0.25, -0.2) is 4.39 Å². The second-order valence-corrected chi connectivity index (χ2v) is 6.91. The van der Waals surface area contributed by atoms with Crippen molar-refractivity contribution in [3.63, 3.8) is 0 Å². The lowest BCUT2D eigenvalue weighted by Crippen LogP contribution is -2.37. The molecule has 0 aromatic heterocycles. The average Bonchev–Trinajstić information content (AvgIpc) is 3.23. The zero-order valence-corrected chi connectivity index (χ0v) is 14.0. The number of likely N-dealkylation sites (tertiary alicyclic amines) is 1. The van der Waals surface area contributed by atoms with Crippen molar-refractivity contribution in [3.8, 4) is 0 Å². The number of halogens is 2. The molecule has 1 aliphatic carbocycles. The van der Waals surface area contributed by atoms with Crippen LogP contribution in [-0.2, 0) is 16.1 Å². The summed E-state index contributed by atoms with van der Waals surface area (Å²) in [5, 5.41) is 3.50. The van der Waals surface area contributed by atoms with E-state index in [0.717, 1.165) is 12.8 Å². The molecular formula is C17H22ClFN2O2. The quantitative estimate of drug-likeness (QED) is 0.865. The van der Waals surface area contributed by atoms with E-state index in [-0.39, 0.29) is 23.6 Å². The van der Waals surface area contributed by atoms with E-state index >= 15 is 0 Å². The van der Waals surface area contributed by atoms with Crippen LogP contribution < -0.4 is 5.32 Å². The fraction of sp³-hybridized carbons (Fsp3) is 0.588. The molecule has 1 N–H and O–H groups in total. The van der Waals surface area contributed by atoms with Crippen LogP contribution in [0.15, 0.2) is 18.2 Å². The molecule has 3 rings (SSSR count). The summed E-state index contributed by atoms with van der Waals surface area (Å²) >= 11 is 6.11. The van der Waals surface area contributed by atoms with Crippen molar-refractivity contribution in [2.45, 2.75) is 25.4 Å². The lowest BCUT2D eigenvalue weighted by molar-refractivity contribution is -0.126. The van der Waals surface area contributed by atoms with Gasteiger partial charge in [0.15, 0.2) is 0 Å². The Balaban J connectivity index is 1.68. The number of ether oxygens (including phenoxy) is 1. The summed E-state index contributed by atoms with van der Waals surface area (Å²) in [6.45, 7) is 2.27. The van der Waals surface area contributed by atoms with Gasteiger partial charge in [0.05, 0.1) is 12.5 Å². The van der Waals surface area contributed by atoms with Crippen LogP contribution in [-0.4, -0.2) is 43.7 Å². The Morgan fingerprint density at radius 2 is 2.22 bits per heavy atom. The van der Waals surface area contributed by atoms with Gasteiger partial charge in [-0.3, -0.25) is 9.69 Å². The third-order valence-corrected chi connectivity index (χ3v) is 4.96. The Morgan fingerprint density at radius 1 is 1.43 bits per heavy atom. The van der Waals surface area contributed by atoms with Crippen LogP contribution in [0.1, 0.15) is 18.4 Å². The molecule has 1 saturated carbocycles. The van der Waals surface area contributed by atoms with Gasteiger partial charge in [0, 0.05) is 49.3 Å². The fourth-order valence-electron chi connectivity index (χ4n) is 3.21. The first-order chi connectivity index (χ1) is 11.1. The topological polar surface area (TPSA) is 41.6 Å². The van der Waals surface area contributed by atoms with Gasteiger partial charge in [-0.2, -0.15) is 0 Å². The maximum atomic E-state index is 14.0. The van der Waals surface area contributed by atoms with Gasteiger partial charge in [-0.1, -0.05) is 17.7 Å². The number of carbonyl (C=O) groups is 1. The zero-order chi connectivity index (χ0) is 16.4. The van der Waals surface area contributed by atoms with E-state index in [9.17, 15) is 9.18 Å². The molecule has 0 spiro atoms. The first-order valence-electron chi connectivity index (χ1n) is 8.03. The summed E-state index contributed by atoms with van der Waals surface area (Å²) in [7, 11) is 1.65. The Morgan fingerprint density at radius 3 is 2.87 bits per heavy atom. The van der Waals surface area contributed by atoms with Crippen LogP contribution in [0, 0.1) is 17.7 Å². The summed E-state index contributed by atoms with van der Waals surface area (Å²) in [4.78, 5) is 14.5. The molecule has 2 aliphatic rings. The van der Waals surface area contributed by atoms with E-state index in [0.29, 0.717) is 42.9 Å². The molecule has 1 aromatic rings. The van der Waals surface area contributed by atoms with E-state index in [1.165, 1.54) is 6.07 Å². The standard InChI is InChI=1S/C17H22ClFN2O2/c1-23-10-11-7-21(8-13(11)17(22)20-12-5-6-12)9-14-15(18)3-2-4-16(14)19/h2-4,11-13H,5-10H2,1H3,(H,20,22)/t11-,13+/m0/s1. The SMILES string of the molecule is COC[C@@H]1CN(Cc2c(F)cccc2Cl)C[C@H]1C(=O)NC1CC1. The normalized spacial score (nSPS) is 24.8. The molecule has 0 bridgehead atoms. The Hall–Kier alpha value is -1.17. The molecule has 1 amide bonds. The number of benzene rings is 1. The molecule has 1 heterocycles. The monoisotopic (exact) mass is 340 g/mol. The predicted octanol–water partition coefficient (Wildman–Crippen LogP) is 2.45. The molecular weight excluding hydrogens is 319 g/mol. The Kier molecular flexibility index (Phi) is 5.19. The molecule has 0 unspecified atom stereocenters. The Bertz CT molecular complexity index is 559. The number of nitrogens with one attached hydrogen (secondary N) is 1. The summed E-state index contributed by atoms with van der Waals surface area (Å²) < 4.78 is 19.2. The average molecular weight is 341 g/mol. The van der Waals surface area contributed by atoms with E-state index in [1.807, 2.05) is 0 Å². The highest BCUT2D eigenvalue weighted by Gasteiger charge is 2.39. The number of rotatable bonds is 6. The van der Waals surface area contributed by atoms with Crippen molar-refractivity contribution in [1.29, 1.82) is 0 Å². The van der Waals surface area contributed by atoms with Gasteiger partial charge in [-0.15, -0.1) is 0 Å². The van der Waals surface area contributed by atoms with Gasteiger partial charge in [-0.05, 0) is 25.0 Å². The molecule has 2 atom stereocenters. The molecule has 126 valence electrons. The molecule has 1 saturated heterocycles.